The highest BCUT2D eigenvalue weighted by Crippen LogP contribution is 2.13. The van der Waals surface area contributed by atoms with Crippen molar-refractivity contribution >= 4 is 5.82 Å². The maximum absolute atomic E-state index is 5.45. The molecule has 0 saturated carbocycles. The highest BCUT2D eigenvalue weighted by molar-refractivity contribution is 5.38. The minimum absolute atomic E-state index is 0.467. The molecule has 0 amide bonds. The van der Waals surface area contributed by atoms with Gasteiger partial charge >= 0.3 is 0 Å². The van der Waals surface area contributed by atoms with Crippen molar-refractivity contribution in [2.75, 3.05) is 25.0 Å². The van der Waals surface area contributed by atoms with Gasteiger partial charge in [-0.2, -0.15) is 0 Å². The molecule has 2 N–H and O–H groups in total. The molecule has 2 rings (SSSR count). The Labute approximate surface area is 95.6 Å². The highest BCUT2D eigenvalue weighted by atomic mass is 16.5. The van der Waals surface area contributed by atoms with Crippen LogP contribution in [0.15, 0.2) is 12.4 Å². The first-order valence-corrected chi connectivity index (χ1v) is 5.80. The Morgan fingerprint density at radius 2 is 2.50 bits per heavy atom. The van der Waals surface area contributed by atoms with Gasteiger partial charge in [0, 0.05) is 18.7 Å². The van der Waals surface area contributed by atoms with Crippen LogP contribution in [0, 0.1) is 0 Å². The molecular weight excluding hydrogens is 204 g/mol. The number of aromatic nitrogens is 2. The summed E-state index contributed by atoms with van der Waals surface area (Å²) in [7, 11) is 0. The van der Waals surface area contributed by atoms with Crippen LogP contribution in [0.5, 0.6) is 5.88 Å². The fourth-order valence-electron chi connectivity index (χ4n) is 1.69. The second-order valence-corrected chi connectivity index (χ2v) is 3.92. The smallest absolute Gasteiger partial charge is 0.218 e. The van der Waals surface area contributed by atoms with Crippen molar-refractivity contribution in [2.24, 2.45) is 0 Å². The number of nitrogens with zero attached hydrogens (tertiary/aromatic N) is 2. The van der Waals surface area contributed by atoms with Gasteiger partial charge in [-0.25, -0.2) is 9.97 Å². The summed E-state index contributed by atoms with van der Waals surface area (Å²) < 4.78 is 5.45. The van der Waals surface area contributed by atoms with Crippen molar-refractivity contribution in [3.8, 4) is 5.88 Å². The van der Waals surface area contributed by atoms with Gasteiger partial charge in [-0.3, -0.25) is 0 Å². The third kappa shape index (κ3) is 3.06. The van der Waals surface area contributed by atoms with Crippen LogP contribution in [0.4, 0.5) is 5.82 Å². The van der Waals surface area contributed by atoms with Crippen molar-refractivity contribution in [3.63, 3.8) is 0 Å². The topological polar surface area (TPSA) is 59.1 Å². The van der Waals surface area contributed by atoms with E-state index in [1.807, 2.05) is 6.07 Å². The minimum atomic E-state index is 0.467. The molecule has 0 radical (unpaired) electrons. The summed E-state index contributed by atoms with van der Waals surface area (Å²) in [5.41, 5.74) is 0. The van der Waals surface area contributed by atoms with Crippen LogP contribution in [0.1, 0.15) is 19.8 Å². The molecule has 1 saturated heterocycles. The van der Waals surface area contributed by atoms with E-state index >= 15 is 0 Å². The van der Waals surface area contributed by atoms with E-state index in [9.17, 15) is 0 Å². The summed E-state index contributed by atoms with van der Waals surface area (Å²) in [6, 6.07) is 2.32. The van der Waals surface area contributed by atoms with Crippen LogP contribution in [0.3, 0.4) is 0 Å². The van der Waals surface area contributed by atoms with Gasteiger partial charge in [0.05, 0.1) is 6.61 Å². The van der Waals surface area contributed by atoms with E-state index in [4.69, 9.17) is 4.74 Å². The lowest BCUT2D eigenvalue weighted by Gasteiger charge is -2.12. The number of anilines is 1. The maximum Gasteiger partial charge on any atom is 0.218 e. The second-order valence-electron chi connectivity index (χ2n) is 3.92. The SMILES string of the molecule is CCCOc1cc(NC2CCNC2)ncn1. The summed E-state index contributed by atoms with van der Waals surface area (Å²) in [4.78, 5) is 8.24. The standard InChI is InChI=1S/C11H18N4O/c1-2-5-16-11-6-10(13-8-14-11)15-9-3-4-12-7-9/h6,8-9,12H,2-5,7H2,1H3,(H,13,14,15). The van der Waals surface area contributed by atoms with E-state index in [0.717, 1.165) is 31.7 Å². The molecule has 0 aromatic carbocycles. The number of nitrogens with one attached hydrogen (secondary N) is 2. The quantitative estimate of drug-likeness (QED) is 0.779. The summed E-state index contributed by atoms with van der Waals surface area (Å²) in [5, 5.41) is 6.67. The van der Waals surface area contributed by atoms with Gasteiger partial charge in [-0.05, 0) is 19.4 Å². The number of hydrogen-bond acceptors (Lipinski definition) is 5. The third-order valence-electron chi connectivity index (χ3n) is 2.51. The van der Waals surface area contributed by atoms with Crippen molar-refractivity contribution in [1.29, 1.82) is 0 Å². The van der Waals surface area contributed by atoms with Gasteiger partial charge < -0.3 is 15.4 Å². The molecule has 1 aromatic heterocycles. The Morgan fingerprint density at radius 3 is 3.25 bits per heavy atom. The van der Waals surface area contributed by atoms with E-state index in [1.54, 1.807) is 0 Å². The summed E-state index contributed by atoms with van der Waals surface area (Å²) in [6.07, 6.45) is 3.66. The zero-order valence-electron chi connectivity index (χ0n) is 9.57. The Kier molecular flexibility index (Phi) is 3.93. The first kappa shape index (κ1) is 11.1. The lowest BCUT2D eigenvalue weighted by molar-refractivity contribution is 0.305. The van der Waals surface area contributed by atoms with Gasteiger partial charge in [0.25, 0.3) is 0 Å². The van der Waals surface area contributed by atoms with E-state index in [1.165, 1.54) is 6.33 Å². The molecule has 0 spiro atoms. The molecule has 0 aliphatic carbocycles. The van der Waals surface area contributed by atoms with Crippen LogP contribution in [-0.4, -0.2) is 35.7 Å². The molecular formula is C11H18N4O. The zero-order chi connectivity index (χ0) is 11.2. The fraction of sp³-hybridized carbons (Fsp3) is 0.636. The molecule has 1 aliphatic heterocycles. The molecule has 16 heavy (non-hydrogen) atoms. The second kappa shape index (κ2) is 5.65. The van der Waals surface area contributed by atoms with Crippen LogP contribution >= 0.6 is 0 Å². The van der Waals surface area contributed by atoms with E-state index in [0.29, 0.717) is 18.5 Å². The molecule has 1 aliphatic rings. The van der Waals surface area contributed by atoms with Crippen LogP contribution in [0.25, 0.3) is 0 Å². The minimum Gasteiger partial charge on any atom is -0.478 e. The highest BCUT2D eigenvalue weighted by Gasteiger charge is 2.14. The molecule has 5 heteroatoms. The predicted molar refractivity (Wildman–Crippen MR) is 62.7 cm³/mol. The summed E-state index contributed by atoms with van der Waals surface area (Å²) >= 11 is 0. The number of rotatable bonds is 5. The van der Waals surface area contributed by atoms with E-state index in [-0.39, 0.29) is 0 Å². The Hall–Kier alpha value is -1.36. The number of hydrogen-bond donors (Lipinski definition) is 2. The van der Waals surface area contributed by atoms with Crippen molar-refractivity contribution in [1.82, 2.24) is 15.3 Å². The van der Waals surface area contributed by atoms with Gasteiger partial charge in [-0.1, -0.05) is 6.92 Å². The normalized spacial score (nSPS) is 19.7. The van der Waals surface area contributed by atoms with E-state index < -0.39 is 0 Å². The largest absolute Gasteiger partial charge is 0.478 e. The molecule has 1 aromatic rings. The van der Waals surface area contributed by atoms with Crippen molar-refractivity contribution in [3.05, 3.63) is 12.4 Å². The lowest BCUT2D eigenvalue weighted by Crippen LogP contribution is -2.22. The van der Waals surface area contributed by atoms with Crippen LogP contribution in [0.2, 0.25) is 0 Å². The molecule has 1 unspecified atom stereocenters. The fourth-order valence-corrected chi connectivity index (χ4v) is 1.69. The molecule has 1 atom stereocenters. The maximum atomic E-state index is 5.45. The van der Waals surface area contributed by atoms with Gasteiger partial charge in [0.1, 0.15) is 12.1 Å². The Morgan fingerprint density at radius 1 is 1.56 bits per heavy atom. The molecule has 88 valence electrons. The van der Waals surface area contributed by atoms with Crippen LogP contribution < -0.4 is 15.4 Å². The van der Waals surface area contributed by atoms with Crippen LogP contribution in [-0.2, 0) is 0 Å². The zero-order valence-corrected chi connectivity index (χ0v) is 9.57. The predicted octanol–water partition coefficient (Wildman–Crippen LogP) is 1.04. The van der Waals surface area contributed by atoms with Crippen molar-refractivity contribution < 1.29 is 4.74 Å². The van der Waals surface area contributed by atoms with E-state index in [2.05, 4.69) is 27.5 Å². The molecule has 0 bridgehead atoms. The lowest BCUT2D eigenvalue weighted by atomic mass is 10.2. The first-order chi connectivity index (χ1) is 7.88. The molecule has 1 fully saturated rings. The molecule has 2 heterocycles. The average molecular weight is 222 g/mol. The first-order valence-electron chi connectivity index (χ1n) is 5.80. The van der Waals surface area contributed by atoms with Gasteiger partial charge in [0.2, 0.25) is 5.88 Å². The summed E-state index contributed by atoms with van der Waals surface area (Å²) in [5.74, 6) is 1.49. The number of ether oxygens (including phenoxy) is 1. The van der Waals surface area contributed by atoms with Crippen molar-refractivity contribution in [2.45, 2.75) is 25.8 Å². The Balaban J connectivity index is 1.92. The molecule has 5 nitrogen and oxygen atoms in total. The third-order valence-corrected chi connectivity index (χ3v) is 2.51. The summed E-state index contributed by atoms with van der Waals surface area (Å²) in [6.45, 7) is 4.84. The Bertz CT molecular complexity index is 326. The average Bonchev–Trinajstić information content (AvgIpc) is 2.80. The van der Waals surface area contributed by atoms with Gasteiger partial charge in [0.15, 0.2) is 0 Å². The monoisotopic (exact) mass is 222 g/mol. The van der Waals surface area contributed by atoms with Gasteiger partial charge in [-0.15, -0.1) is 0 Å².